The monoisotopic (exact) mass is 1070 g/mol. The van der Waals surface area contributed by atoms with E-state index in [1.165, 1.54) is 32.1 Å². The highest BCUT2D eigenvalue weighted by Crippen LogP contribution is 2.27. The molecule has 424 valence electrons. The predicted molar refractivity (Wildman–Crippen MR) is 333 cm³/mol. The largest absolute Gasteiger partial charge is 0.376 e. The van der Waals surface area contributed by atoms with Crippen LogP contribution in [0.4, 0.5) is 5.69 Å². The second-order valence-corrected chi connectivity index (χ2v) is 28.7. The van der Waals surface area contributed by atoms with Crippen LogP contribution in [0.15, 0.2) is 104 Å². The van der Waals surface area contributed by atoms with Crippen molar-refractivity contribution in [1.82, 2.24) is 44.7 Å². The van der Waals surface area contributed by atoms with Crippen LogP contribution in [0.25, 0.3) is 0 Å². The summed E-state index contributed by atoms with van der Waals surface area (Å²) < 4.78 is 1.72. The molecule has 0 N–H and O–H groups in total. The summed E-state index contributed by atoms with van der Waals surface area (Å²) in [6, 6.07) is 21.0. The molecule has 0 amide bonds. The molecular weight excluding hydrogens is 965 g/mol. The van der Waals surface area contributed by atoms with Crippen LogP contribution in [0.3, 0.4) is 0 Å². The van der Waals surface area contributed by atoms with Gasteiger partial charge in [-0.2, -0.15) is 5.10 Å². The molecule has 0 unspecified atom stereocenters. The molecule has 0 saturated heterocycles. The lowest BCUT2D eigenvalue weighted by atomic mass is 9.91. The van der Waals surface area contributed by atoms with E-state index in [0.29, 0.717) is 0 Å². The van der Waals surface area contributed by atoms with Crippen LogP contribution < -0.4 is 4.90 Å². The first kappa shape index (κ1) is 69.3. The Morgan fingerprint density at radius 3 is 0.792 bits per heavy atom. The Morgan fingerprint density at radius 1 is 0.351 bits per heavy atom. The summed E-state index contributed by atoms with van der Waals surface area (Å²) in [6.45, 7) is 55.7. The van der Waals surface area contributed by atoms with Crippen LogP contribution in [0.2, 0.25) is 0 Å². The number of hydrogen-bond donors (Lipinski definition) is 0. The van der Waals surface area contributed by atoms with Gasteiger partial charge in [0.25, 0.3) is 0 Å². The molecule has 7 aromatic heterocycles. The third-order valence-electron chi connectivity index (χ3n) is 11.3. The Morgan fingerprint density at radius 2 is 0.649 bits per heavy atom. The molecule has 0 fully saturated rings. The van der Waals surface area contributed by atoms with E-state index < -0.39 is 0 Å². The van der Waals surface area contributed by atoms with Crippen molar-refractivity contribution in [3.8, 4) is 0 Å². The van der Waals surface area contributed by atoms with Crippen LogP contribution >= 0.6 is 11.3 Å². The minimum Gasteiger partial charge on any atom is -0.376 e. The highest BCUT2D eigenvalue weighted by atomic mass is 32.1. The van der Waals surface area contributed by atoms with Crippen molar-refractivity contribution >= 4 is 17.0 Å². The van der Waals surface area contributed by atoms with E-state index in [-0.39, 0.29) is 37.9 Å². The standard InChI is InChI=1S/C11H18N2.4C10H15N.C8H13NS.C7H13N3/c1-11(2,3)10-7-6-9(8-12-10)13(4)5;4*1-8-5-6-9(11-7-8)10(2,3)4;1-6-5-9-7(10-6)8(2,3)4;1-7(2,3)6-8-5-10(4)9-6/h6-8H,1-5H3;4*5-7H,1-4H3;2*5H,1-4H3. The van der Waals surface area contributed by atoms with Crippen LogP contribution in [0.1, 0.15) is 212 Å². The van der Waals surface area contributed by atoms with E-state index in [1.807, 2.05) is 58.3 Å². The average molecular weight is 1070 g/mol. The molecule has 0 radical (unpaired) electrons. The molecule has 77 heavy (non-hydrogen) atoms. The topological polar surface area (TPSA) is 111 Å². The highest BCUT2D eigenvalue weighted by Gasteiger charge is 2.20. The Hall–Kier alpha value is -5.68. The van der Waals surface area contributed by atoms with E-state index in [4.69, 9.17) is 0 Å². The molecule has 0 spiro atoms. The van der Waals surface area contributed by atoms with Gasteiger partial charge in [0.2, 0.25) is 0 Å². The lowest BCUT2D eigenvalue weighted by Gasteiger charge is -2.19. The van der Waals surface area contributed by atoms with Gasteiger partial charge in [-0.05, 0) is 93.3 Å². The second kappa shape index (κ2) is 29.3. The zero-order chi connectivity index (χ0) is 59.5. The van der Waals surface area contributed by atoms with Crippen LogP contribution in [-0.2, 0) is 45.0 Å². The smallest absolute Gasteiger partial charge is 0.155 e. The first-order valence-electron chi connectivity index (χ1n) is 27.1. The summed E-state index contributed by atoms with van der Waals surface area (Å²) in [6.07, 6.45) is 13.2. The second-order valence-electron chi connectivity index (χ2n) is 27.4. The number of anilines is 1. The minimum atomic E-state index is 0.0707. The van der Waals surface area contributed by atoms with Crippen molar-refractivity contribution in [3.63, 3.8) is 0 Å². The third kappa shape index (κ3) is 28.0. The molecule has 0 aliphatic heterocycles. The third-order valence-corrected chi connectivity index (χ3v) is 12.6. The van der Waals surface area contributed by atoms with Gasteiger partial charge < -0.3 is 4.90 Å². The van der Waals surface area contributed by atoms with Crippen molar-refractivity contribution in [3.05, 3.63) is 171 Å². The van der Waals surface area contributed by atoms with Crippen LogP contribution in [0, 0.1) is 34.6 Å². The van der Waals surface area contributed by atoms with E-state index >= 15 is 0 Å². The summed E-state index contributed by atoms with van der Waals surface area (Å²) in [5.41, 5.74) is 12.9. The molecule has 7 heterocycles. The minimum absolute atomic E-state index is 0.0707. The summed E-state index contributed by atoms with van der Waals surface area (Å²) in [5, 5.41) is 5.41. The summed E-state index contributed by atoms with van der Waals surface area (Å²) >= 11 is 1.78. The van der Waals surface area contributed by atoms with Gasteiger partial charge in [-0.15, -0.1) is 11.3 Å². The molecular formula is C66H104N10S. The van der Waals surface area contributed by atoms with Gasteiger partial charge >= 0.3 is 0 Å². The zero-order valence-corrected chi connectivity index (χ0v) is 54.5. The van der Waals surface area contributed by atoms with Gasteiger partial charge in [-0.25, -0.2) is 9.97 Å². The van der Waals surface area contributed by atoms with Gasteiger partial charge in [0.15, 0.2) is 5.82 Å². The highest BCUT2D eigenvalue weighted by molar-refractivity contribution is 7.11. The van der Waals surface area contributed by atoms with Gasteiger partial charge in [0.05, 0.1) is 16.9 Å². The molecule has 10 nitrogen and oxygen atoms in total. The van der Waals surface area contributed by atoms with Crippen molar-refractivity contribution in [2.75, 3.05) is 19.0 Å². The van der Waals surface area contributed by atoms with Crippen LogP contribution in [-0.4, -0.2) is 58.8 Å². The number of thiazole rings is 1. The maximum atomic E-state index is 4.43. The summed E-state index contributed by atoms with van der Waals surface area (Å²) in [7, 11) is 5.92. The Bertz CT molecular complexity index is 2430. The van der Waals surface area contributed by atoms with Crippen molar-refractivity contribution in [2.24, 2.45) is 7.05 Å². The van der Waals surface area contributed by atoms with E-state index in [1.54, 1.807) is 22.3 Å². The fraction of sp³-hybridized carbons (Fsp3) is 0.545. The van der Waals surface area contributed by atoms with Gasteiger partial charge in [0.1, 0.15) is 6.33 Å². The first-order valence-corrected chi connectivity index (χ1v) is 27.9. The Balaban J connectivity index is 0.000000450. The number of aryl methyl sites for hydroxylation is 6. The quantitative estimate of drug-likeness (QED) is 0.159. The molecule has 0 saturated carbocycles. The molecule has 0 bridgehead atoms. The number of pyridine rings is 5. The lowest BCUT2D eigenvalue weighted by molar-refractivity contribution is 0.538. The normalized spacial score (nSPS) is 11.7. The average Bonchev–Trinajstić information content (AvgIpc) is 3.96. The zero-order valence-electron chi connectivity index (χ0n) is 53.7. The molecule has 7 rings (SSSR count). The maximum absolute atomic E-state index is 4.43. The molecule has 0 aliphatic carbocycles. The number of nitrogens with zero attached hydrogens (tertiary/aromatic N) is 10. The van der Waals surface area contributed by atoms with Gasteiger partial charge in [-0.3, -0.25) is 29.6 Å². The van der Waals surface area contributed by atoms with Crippen molar-refractivity contribution in [1.29, 1.82) is 0 Å². The Labute approximate surface area is 473 Å². The summed E-state index contributed by atoms with van der Waals surface area (Å²) in [4.78, 5) is 33.6. The molecule has 11 heteroatoms. The van der Waals surface area contributed by atoms with E-state index in [2.05, 4.69) is 286 Å². The first-order chi connectivity index (χ1) is 34.9. The van der Waals surface area contributed by atoms with Gasteiger partial charge in [0, 0.05) is 123 Å². The Kier molecular flexibility index (Phi) is 26.4. The fourth-order valence-electron chi connectivity index (χ4n) is 6.12. The van der Waals surface area contributed by atoms with E-state index in [9.17, 15) is 0 Å². The maximum Gasteiger partial charge on any atom is 0.155 e. The number of aromatic nitrogens is 9. The molecule has 0 aromatic carbocycles. The van der Waals surface area contributed by atoms with E-state index in [0.717, 1.165) is 40.0 Å². The fourth-order valence-corrected chi connectivity index (χ4v) is 6.95. The van der Waals surface area contributed by atoms with Gasteiger partial charge in [-0.1, -0.05) is 170 Å². The molecule has 7 aromatic rings. The number of rotatable bonds is 1. The SMILES string of the molecule is CN(C)c1ccc(C(C)(C)C)nc1.Cc1ccc(C(C)(C)C)nc1.Cc1ccc(C(C)(C)C)nc1.Cc1ccc(C(C)(C)C)nc1.Cc1ccc(C(C)(C)C)nc1.Cc1cnc(C(C)(C)C)s1.Cn1cnc(C(C)(C)C)n1. The lowest BCUT2D eigenvalue weighted by Crippen LogP contribution is -2.15. The summed E-state index contributed by atoms with van der Waals surface area (Å²) in [5.74, 6) is 0.898. The molecule has 0 aliphatic rings. The van der Waals surface area contributed by atoms with Crippen LogP contribution in [0.5, 0.6) is 0 Å². The molecule has 0 atom stereocenters. The number of hydrogen-bond acceptors (Lipinski definition) is 10. The van der Waals surface area contributed by atoms with Crippen molar-refractivity contribution in [2.45, 2.75) is 218 Å². The van der Waals surface area contributed by atoms with Crippen molar-refractivity contribution < 1.29 is 0 Å². The predicted octanol–water partition coefficient (Wildman–Crippen LogP) is 17.1.